The number of nitriles is 1. The first-order chi connectivity index (χ1) is 23.8. The molecule has 4 N–H and O–H groups in total. The third-order valence-corrected chi connectivity index (χ3v) is 8.61. The van der Waals surface area contributed by atoms with E-state index in [1.165, 1.54) is 41.9 Å². The van der Waals surface area contributed by atoms with Crippen LogP contribution in [-0.2, 0) is 25.1 Å². The van der Waals surface area contributed by atoms with Crippen molar-refractivity contribution < 1.29 is 32.5 Å². The minimum atomic E-state index is -4.55. The Balaban J connectivity index is 1.81. The Kier molecular flexibility index (Phi) is 11.5. The van der Waals surface area contributed by atoms with E-state index in [2.05, 4.69) is 32.0 Å². The van der Waals surface area contributed by atoms with E-state index in [4.69, 9.17) is 23.2 Å². The van der Waals surface area contributed by atoms with Crippen molar-refractivity contribution in [1.29, 1.82) is 5.26 Å². The number of aliphatic carboxylic acids is 1. The largest absolute Gasteiger partial charge is 0.480 e. The zero-order valence-corrected chi connectivity index (χ0v) is 30.2. The highest BCUT2D eigenvalue weighted by molar-refractivity contribution is 7.85. The van der Waals surface area contributed by atoms with E-state index in [0.29, 0.717) is 17.9 Å². The molecule has 18 heteroatoms. The summed E-state index contributed by atoms with van der Waals surface area (Å²) in [7, 11) is -4.55. The predicted molar refractivity (Wildman–Crippen MR) is 192 cm³/mol. The van der Waals surface area contributed by atoms with Crippen molar-refractivity contribution in [2.24, 2.45) is 10.2 Å². The van der Waals surface area contributed by atoms with Crippen LogP contribution in [0.2, 0.25) is 10.0 Å². The van der Waals surface area contributed by atoms with Gasteiger partial charge in [-0.2, -0.15) is 18.8 Å². The number of aromatic nitrogens is 2. The highest BCUT2D eigenvalue weighted by Crippen LogP contribution is 2.40. The molecular weight excluding hydrogens is 723 g/mol. The summed E-state index contributed by atoms with van der Waals surface area (Å²) in [4.78, 5) is 37.5. The van der Waals surface area contributed by atoms with E-state index in [9.17, 15) is 37.7 Å². The van der Waals surface area contributed by atoms with Gasteiger partial charge in [0.15, 0.2) is 5.82 Å². The SMILES string of the molecule is CCN(CC(=O)O)c1ccc(N=Nc2c(C#N)c(C(C)(C)C)nn2-c2c(Cl)cc(NC(=O)c3cccc(S(=O)(=O)O)c3)cc2Cl)c(NC(C)=O)c1. The van der Waals surface area contributed by atoms with E-state index >= 15 is 0 Å². The van der Waals surface area contributed by atoms with Gasteiger partial charge in [0.1, 0.15) is 29.6 Å². The average Bonchev–Trinajstić information content (AvgIpc) is 3.40. The second kappa shape index (κ2) is 15.3. The summed E-state index contributed by atoms with van der Waals surface area (Å²) in [6, 6.07) is 14.4. The van der Waals surface area contributed by atoms with Crippen molar-refractivity contribution in [1.82, 2.24) is 9.78 Å². The maximum absolute atomic E-state index is 12.9. The monoisotopic (exact) mass is 754 g/mol. The van der Waals surface area contributed by atoms with Gasteiger partial charge in [0.25, 0.3) is 16.0 Å². The molecule has 0 aliphatic rings. The summed E-state index contributed by atoms with van der Waals surface area (Å²) < 4.78 is 33.7. The first-order valence-corrected chi connectivity index (χ1v) is 17.3. The zero-order valence-electron chi connectivity index (χ0n) is 27.9. The number of nitrogens with zero attached hydrogens (tertiary/aromatic N) is 6. The van der Waals surface area contributed by atoms with Gasteiger partial charge in [0.2, 0.25) is 5.91 Å². The molecule has 51 heavy (non-hydrogen) atoms. The number of carbonyl (C=O) groups excluding carboxylic acids is 2. The number of halogens is 2. The second-order valence-corrected chi connectivity index (χ2v) is 14.3. The number of hydrogen-bond donors (Lipinski definition) is 4. The van der Waals surface area contributed by atoms with Gasteiger partial charge < -0.3 is 20.6 Å². The highest BCUT2D eigenvalue weighted by atomic mass is 35.5. The summed E-state index contributed by atoms with van der Waals surface area (Å²) in [6.45, 7) is 8.70. The quantitative estimate of drug-likeness (QED) is 0.0896. The van der Waals surface area contributed by atoms with Gasteiger partial charge in [-0.1, -0.05) is 50.0 Å². The van der Waals surface area contributed by atoms with Crippen LogP contribution in [0, 0.1) is 11.3 Å². The highest BCUT2D eigenvalue weighted by Gasteiger charge is 2.30. The smallest absolute Gasteiger partial charge is 0.323 e. The average molecular weight is 756 g/mol. The number of amides is 2. The third-order valence-electron chi connectivity index (χ3n) is 7.18. The van der Waals surface area contributed by atoms with E-state index in [-0.39, 0.29) is 56.3 Å². The van der Waals surface area contributed by atoms with Crippen molar-refractivity contribution in [3.05, 3.63) is 81.5 Å². The topological polar surface area (TPSA) is 219 Å². The molecule has 266 valence electrons. The van der Waals surface area contributed by atoms with Crippen molar-refractivity contribution in [2.45, 2.75) is 44.9 Å². The Morgan fingerprint density at radius 3 is 2.25 bits per heavy atom. The second-order valence-electron chi connectivity index (χ2n) is 12.1. The van der Waals surface area contributed by atoms with Crippen LogP contribution in [0.3, 0.4) is 0 Å². The number of anilines is 3. The molecule has 0 unspecified atom stereocenters. The molecule has 0 aliphatic carbocycles. The molecule has 0 fully saturated rings. The normalized spacial score (nSPS) is 11.7. The van der Waals surface area contributed by atoms with Crippen LogP contribution in [0.25, 0.3) is 5.69 Å². The van der Waals surface area contributed by atoms with E-state index in [1.54, 1.807) is 24.0 Å². The number of carboxylic acids is 1. The number of likely N-dealkylation sites (N-methyl/N-ethyl adjacent to an activating group) is 1. The number of carboxylic acid groups (broad SMARTS) is 1. The maximum atomic E-state index is 12.9. The predicted octanol–water partition coefficient (Wildman–Crippen LogP) is 7.13. The van der Waals surface area contributed by atoms with Crippen molar-refractivity contribution in [3.8, 4) is 11.8 Å². The molecule has 15 nitrogen and oxygen atoms in total. The summed E-state index contributed by atoms with van der Waals surface area (Å²) in [5.41, 5.74) is 0.813. The van der Waals surface area contributed by atoms with Gasteiger partial charge in [-0.25, -0.2) is 4.68 Å². The van der Waals surface area contributed by atoms with Crippen LogP contribution in [0.1, 0.15) is 56.2 Å². The van der Waals surface area contributed by atoms with Gasteiger partial charge in [-0.05, 0) is 55.5 Å². The van der Waals surface area contributed by atoms with Gasteiger partial charge in [0.05, 0.1) is 26.3 Å². The lowest BCUT2D eigenvalue weighted by atomic mass is 9.90. The molecule has 4 rings (SSSR count). The van der Waals surface area contributed by atoms with Gasteiger partial charge in [-0.3, -0.25) is 18.9 Å². The lowest BCUT2D eigenvalue weighted by molar-refractivity contribution is -0.135. The van der Waals surface area contributed by atoms with E-state index < -0.39 is 38.2 Å². The molecule has 1 aromatic heterocycles. The summed E-state index contributed by atoms with van der Waals surface area (Å²) in [5.74, 6) is -2.22. The number of benzene rings is 3. The summed E-state index contributed by atoms with van der Waals surface area (Å²) in [6.07, 6.45) is 0. The first kappa shape index (κ1) is 38.5. The van der Waals surface area contributed by atoms with Crippen LogP contribution >= 0.6 is 23.2 Å². The number of azo groups is 1. The molecule has 2 amide bonds. The molecule has 0 bridgehead atoms. The van der Waals surface area contributed by atoms with Gasteiger partial charge >= 0.3 is 5.97 Å². The molecule has 0 spiro atoms. The van der Waals surface area contributed by atoms with Crippen molar-refractivity contribution >= 4 is 79.7 Å². The Morgan fingerprint density at radius 2 is 1.71 bits per heavy atom. The molecule has 0 aliphatic heterocycles. The van der Waals surface area contributed by atoms with Crippen molar-refractivity contribution in [2.75, 3.05) is 28.6 Å². The van der Waals surface area contributed by atoms with Crippen LogP contribution < -0.4 is 15.5 Å². The van der Waals surface area contributed by atoms with Crippen LogP contribution in [-0.4, -0.2) is 58.7 Å². The summed E-state index contributed by atoms with van der Waals surface area (Å²) in [5, 5.41) is 38.2. The molecule has 0 radical (unpaired) electrons. The number of hydrogen-bond acceptors (Lipinski definition) is 10. The van der Waals surface area contributed by atoms with Crippen LogP contribution in [0.5, 0.6) is 0 Å². The molecule has 0 saturated carbocycles. The zero-order chi connectivity index (χ0) is 37.8. The Bertz CT molecular complexity index is 2200. The molecule has 0 saturated heterocycles. The van der Waals surface area contributed by atoms with Gasteiger partial charge in [-0.15, -0.1) is 10.2 Å². The van der Waals surface area contributed by atoms with E-state index in [1.807, 2.05) is 20.8 Å². The van der Waals surface area contributed by atoms with Crippen molar-refractivity contribution in [3.63, 3.8) is 0 Å². The summed E-state index contributed by atoms with van der Waals surface area (Å²) >= 11 is 13.4. The molecule has 0 atom stereocenters. The maximum Gasteiger partial charge on any atom is 0.323 e. The van der Waals surface area contributed by atoms with Crippen LogP contribution in [0.15, 0.2) is 69.7 Å². The Morgan fingerprint density at radius 1 is 1.04 bits per heavy atom. The fourth-order valence-corrected chi connectivity index (χ4v) is 6.05. The third kappa shape index (κ3) is 9.07. The number of carbonyl (C=O) groups is 3. The molecule has 4 aromatic rings. The number of nitrogens with one attached hydrogen (secondary N) is 2. The van der Waals surface area contributed by atoms with Gasteiger partial charge in [0, 0.05) is 35.8 Å². The fourth-order valence-electron chi connectivity index (χ4n) is 4.87. The Labute approximate surface area is 303 Å². The molecule has 1 heterocycles. The fraction of sp³-hybridized carbons (Fsp3) is 0.242. The Hall–Kier alpha value is -5.34. The minimum absolute atomic E-state index is 0.0187. The lowest BCUT2D eigenvalue weighted by Gasteiger charge is -2.22. The van der Waals surface area contributed by atoms with E-state index in [0.717, 1.165) is 12.1 Å². The molecule has 3 aromatic carbocycles. The minimum Gasteiger partial charge on any atom is -0.480 e. The van der Waals surface area contributed by atoms with Crippen LogP contribution in [0.4, 0.5) is 28.6 Å². The first-order valence-electron chi connectivity index (χ1n) is 15.1. The molecular formula is C33H32Cl2N8O7S. The number of rotatable bonds is 11. The standard InChI is InChI=1S/C33H32Cl2N8O7S/c1-6-42(17-28(45)46)21-10-11-26(27(15-21)37-18(2)44)39-40-31-23(16-36)30(33(3,4)5)41-43(31)29-24(34)13-20(14-25(29)35)38-32(47)19-8-7-9-22(12-19)51(48,49)50/h7-15H,6,17H2,1-5H3,(H,37,44)(H,38,47)(H,45,46)(H,48,49,50). The lowest BCUT2D eigenvalue weighted by Crippen LogP contribution is -2.29.